The largest absolute Gasteiger partial charge is 0.494 e. The molecule has 3 aromatic carbocycles. The minimum atomic E-state index is 0.299. The van der Waals surface area contributed by atoms with Crippen molar-refractivity contribution in [3.8, 4) is 34.3 Å². The Balaban J connectivity index is 1.65. The first-order chi connectivity index (χ1) is 16.2. The second-order valence-electron chi connectivity index (χ2n) is 8.19. The van der Waals surface area contributed by atoms with Gasteiger partial charge in [-0.25, -0.2) is 4.99 Å². The molecule has 0 fully saturated rings. The Morgan fingerprint density at radius 3 is 2.15 bits per heavy atom. The van der Waals surface area contributed by atoms with Gasteiger partial charge in [0.05, 0.1) is 6.61 Å². The van der Waals surface area contributed by atoms with Crippen molar-refractivity contribution < 1.29 is 9.15 Å². The van der Waals surface area contributed by atoms with Crippen molar-refractivity contribution in [3.63, 3.8) is 0 Å². The molecule has 0 unspecified atom stereocenters. The molecule has 0 aliphatic heterocycles. The van der Waals surface area contributed by atoms with Crippen molar-refractivity contribution in [1.82, 2.24) is 0 Å². The Hall–Kier alpha value is -4.10. The zero-order chi connectivity index (χ0) is 23.0. The quantitative estimate of drug-likeness (QED) is 0.267. The molecule has 0 saturated heterocycles. The molecule has 0 amide bonds. The lowest BCUT2D eigenvalue weighted by Crippen LogP contribution is -2.01. The minimum absolute atomic E-state index is 0.299. The normalized spacial score (nSPS) is 11.1. The Kier molecular flexibility index (Phi) is 7.02. The monoisotopic (exact) mass is 434 g/mol. The van der Waals surface area contributed by atoms with Crippen molar-refractivity contribution in [1.29, 1.82) is 5.26 Å². The molecule has 0 atom stereocenters. The van der Waals surface area contributed by atoms with E-state index in [9.17, 15) is 5.26 Å². The number of hydrogen-bond acceptors (Lipinski definition) is 4. The molecule has 4 aromatic rings. The highest BCUT2D eigenvalue weighted by Gasteiger charge is 2.22. The standard InChI is InChI=1S/C29H26N2O2/c1-21(2)17-18-32-25-15-13-22(14-16-25)20-31-29-26(19-30)27(23-9-5-3-6-10-23)28(33-29)24-11-7-4-8-12-24/h3-16,20-21H,17-18H2,1-2H3. The number of nitrogens with zero attached hydrogens (tertiary/aromatic N) is 2. The summed E-state index contributed by atoms with van der Waals surface area (Å²) >= 11 is 0. The Bertz CT molecular complexity index is 1250. The number of nitriles is 1. The first-order valence-corrected chi connectivity index (χ1v) is 11.1. The van der Waals surface area contributed by atoms with E-state index in [0.717, 1.165) is 34.4 Å². The van der Waals surface area contributed by atoms with E-state index in [1.807, 2.05) is 84.9 Å². The fourth-order valence-electron chi connectivity index (χ4n) is 3.48. The number of hydrogen-bond donors (Lipinski definition) is 0. The lowest BCUT2D eigenvalue weighted by Gasteiger charge is -2.07. The SMILES string of the molecule is CC(C)CCOc1ccc(C=Nc2oc(-c3ccccc3)c(-c3ccccc3)c2C#N)cc1. The third-order valence-corrected chi connectivity index (χ3v) is 5.27. The lowest BCUT2D eigenvalue weighted by atomic mass is 9.98. The Labute approximate surface area is 194 Å². The van der Waals surface area contributed by atoms with Gasteiger partial charge in [-0.2, -0.15) is 5.26 Å². The van der Waals surface area contributed by atoms with Crippen LogP contribution < -0.4 is 4.74 Å². The van der Waals surface area contributed by atoms with Gasteiger partial charge in [-0.05, 0) is 47.7 Å². The van der Waals surface area contributed by atoms with Gasteiger partial charge in [-0.1, -0.05) is 74.5 Å². The molecule has 1 aromatic heterocycles. The van der Waals surface area contributed by atoms with E-state index in [1.54, 1.807) is 6.21 Å². The predicted molar refractivity (Wildman–Crippen MR) is 133 cm³/mol. The van der Waals surface area contributed by atoms with Crippen molar-refractivity contribution in [3.05, 3.63) is 96.1 Å². The molecule has 4 rings (SSSR count). The van der Waals surface area contributed by atoms with E-state index >= 15 is 0 Å². The van der Waals surface area contributed by atoms with Gasteiger partial charge in [0.25, 0.3) is 0 Å². The summed E-state index contributed by atoms with van der Waals surface area (Å²) < 4.78 is 11.9. The van der Waals surface area contributed by atoms with E-state index in [1.165, 1.54) is 0 Å². The topological polar surface area (TPSA) is 58.5 Å². The molecule has 0 spiro atoms. The smallest absolute Gasteiger partial charge is 0.238 e. The summed E-state index contributed by atoms with van der Waals surface area (Å²) in [7, 11) is 0. The summed E-state index contributed by atoms with van der Waals surface area (Å²) in [5.74, 6) is 2.38. The van der Waals surface area contributed by atoms with E-state index in [-0.39, 0.29) is 0 Å². The van der Waals surface area contributed by atoms with Gasteiger partial charge in [0.1, 0.15) is 23.1 Å². The molecule has 0 N–H and O–H groups in total. The van der Waals surface area contributed by atoms with Gasteiger partial charge in [-0.3, -0.25) is 0 Å². The maximum absolute atomic E-state index is 9.98. The third-order valence-electron chi connectivity index (χ3n) is 5.27. The predicted octanol–water partition coefficient (Wildman–Crippen LogP) is 7.66. The zero-order valence-electron chi connectivity index (χ0n) is 18.9. The highest BCUT2D eigenvalue weighted by atomic mass is 16.5. The van der Waals surface area contributed by atoms with Gasteiger partial charge >= 0.3 is 0 Å². The highest BCUT2D eigenvalue weighted by Crippen LogP contribution is 2.42. The van der Waals surface area contributed by atoms with Crippen LogP contribution in [0, 0.1) is 17.2 Å². The average Bonchev–Trinajstić information content (AvgIpc) is 3.23. The van der Waals surface area contributed by atoms with Crippen LogP contribution in [0.25, 0.3) is 22.5 Å². The van der Waals surface area contributed by atoms with Gasteiger partial charge in [0.15, 0.2) is 0 Å². The summed E-state index contributed by atoms with van der Waals surface area (Å²) in [6.07, 6.45) is 2.73. The van der Waals surface area contributed by atoms with Gasteiger partial charge < -0.3 is 9.15 Å². The van der Waals surface area contributed by atoms with Crippen LogP contribution >= 0.6 is 0 Å². The minimum Gasteiger partial charge on any atom is -0.494 e. The molecule has 0 bridgehead atoms. The van der Waals surface area contributed by atoms with Crippen molar-refractivity contribution in [2.45, 2.75) is 20.3 Å². The fourth-order valence-corrected chi connectivity index (χ4v) is 3.48. The number of rotatable bonds is 8. The molecule has 164 valence electrons. The van der Waals surface area contributed by atoms with Gasteiger partial charge in [-0.15, -0.1) is 0 Å². The summed E-state index contributed by atoms with van der Waals surface area (Å²) in [6.45, 7) is 5.06. The highest BCUT2D eigenvalue weighted by molar-refractivity contribution is 5.89. The van der Waals surface area contributed by atoms with E-state index in [2.05, 4.69) is 24.9 Å². The van der Waals surface area contributed by atoms with Crippen molar-refractivity contribution in [2.75, 3.05) is 6.61 Å². The first-order valence-electron chi connectivity index (χ1n) is 11.1. The third kappa shape index (κ3) is 5.39. The van der Waals surface area contributed by atoms with Crippen LogP contribution in [0.2, 0.25) is 0 Å². The van der Waals surface area contributed by atoms with Crippen molar-refractivity contribution in [2.24, 2.45) is 10.9 Å². The maximum atomic E-state index is 9.98. The van der Waals surface area contributed by atoms with Crippen LogP contribution in [0.3, 0.4) is 0 Å². The number of aliphatic imine (C=N–C) groups is 1. The molecule has 0 aliphatic carbocycles. The van der Waals surface area contributed by atoms with E-state index in [4.69, 9.17) is 9.15 Å². The van der Waals surface area contributed by atoms with E-state index in [0.29, 0.717) is 29.7 Å². The van der Waals surface area contributed by atoms with Crippen molar-refractivity contribution >= 4 is 12.1 Å². The Morgan fingerprint density at radius 2 is 1.55 bits per heavy atom. The number of ether oxygens (including phenoxy) is 1. The fraction of sp³-hybridized carbons (Fsp3) is 0.172. The van der Waals surface area contributed by atoms with Crippen LogP contribution in [-0.4, -0.2) is 12.8 Å². The zero-order valence-corrected chi connectivity index (χ0v) is 18.9. The number of benzene rings is 3. The van der Waals surface area contributed by atoms with Crippen LogP contribution in [0.1, 0.15) is 31.4 Å². The first kappa shape index (κ1) is 22.1. The summed E-state index contributed by atoms with van der Waals surface area (Å²) in [5, 5.41) is 9.98. The molecular formula is C29H26N2O2. The van der Waals surface area contributed by atoms with Crippen LogP contribution in [0.15, 0.2) is 94.3 Å². The summed E-state index contributed by atoms with van der Waals surface area (Å²) in [4.78, 5) is 4.54. The molecular weight excluding hydrogens is 408 g/mol. The molecule has 0 saturated carbocycles. The van der Waals surface area contributed by atoms with Crippen LogP contribution in [-0.2, 0) is 0 Å². The van der Waals surface area contributed by atoms with Crippen LogP contribution in [0.4, 0.5) is 5.88 Å². The van der Waals surface area contributed by atoms with Crippen LogP contribution in [0.5, 0.6) is 5.75 Å². The second-order valence-corrected chi connectivity index (χ2v) is 8.19. The molecule has 4 nitrogen and oxygen atoms in total. The second kappa shape index (κ2) is 10.5. The average molecular weight is 435 g/mol. The Morgan fingerprint density at radius 1 is 0.909 bits per heavy atom. The lowest BCUT2D eigenvalue weighted by molar-refractivity contribution is 0.289. The van der Waals surface area contributed by atoms with Gasteiger partial charge in [0.2, 0.25) is 5.88 Å². The maximum Gasteiger partial charge on any atom is 0.238 e. The molecule has 4 heteroatoms. The summed E-state index contributed by atoms with van der Waals surface area (Å²) in [6, 6.07) is 29.7. The number of furan rings is 1. The van der Waals surface area contributed by atoms with E-state index < -0.39 is 0 Å². The molecule has 0 aliphatic rings. The summed E-state index contributed by atoms with van der Waals surface area (Å²) in [5.41, 5.74) is 3.89. The molecule has 0 radical (unpaired) electrons. The van der Waals surface area contributed by atoms with Gasteiger partial charge in [0, 0.05) is 17.3 Å². The molecule has 1 heterocycles. The molecule has 33 heavy (non-hydrogen) atoms.